The maximum absolute atomic E-state index is 13.2. The van der Waals surface area contributed by atoms with Crippen LogP contribution in [-0.4, -0.2) is 11.9 Å². The number of hydrogen-bond donors (Lipinski definition) is 1. The van der Waals surface area contributed by atoms with E-state index in [0.717, 1.165) is 12.0 Å². The summed E-state index contributed by atoms with van der Waals surface area (Å²) in [5.74, 6) is 0.764. The standard InChI is InChI=1S/C13H18Cl2FN/c1-9(2)13(5-6-14)17-8-10-3-4-11(15)12(16)7-10/h3-4,7,9,13,17H,5-6,8H2,1-2H3. The molecule has 17 heavy (non-hydrogen) atoms. The molecule has 0 aliphatic heterocycles. The summed E-state index contributed by atoms with van der Waals surface area (Å²) in [4.78, 5) is 0. The quantitative estimate of drug-likeness (QED) is 0.768. The number of benzene rings is 1. The molecule has 0 saturated heterocycles. The molecule has 0 spiro atoms. The average Bonchev–Trinajstić information content (AvgIpc) is 2.28. The fourth-order valence-electron chi connectivity index (χ4n) is 1.69. The fourth-order valence-corrected chi connectivity index (χ4v) is 2.04. The van der Waals surface area contributed by atoms with Crippen LogP contribution >= 0.6 is 23.2 Å². The van der Waals surface area contributed by atoms with E-state index in [-0.39, 0.29) is 10.8 Å². The predicted octanol–water partition coefficient (Wildman–Crippen LogP) is 4.22. The van der Waals surface area contributed by atoms with Crippen molar-refractivity contribution < 1.29 is 4.39 Å². The molecule has 0 aliphatic rings. The van der Waals surface area contributed by atoms with Crippen LogP contribution in [0.1, 0.15) is 25.8 Å². The highest BCUT2D eigenvalue weighted by molar-refractivity contribution is 6.30. The molecular formula is C13H18Cl2FN. The van der Waals surface area contributed by atoms with Gasteiger partial charge in [0.15, 0.2) is 0 Å². The zero-order chi connectivity index (χ0) is 12.8. The maximum Gasteiger partial charge on any atom is 0.142 e. The molecule has 0 heterocycles. The van der Waals surface area contributed by atoms with Gasteiger partial charge >= 0.3 is 0 Å². The highest BCUT2D eigenvalue weighted by Gasteiger charge is 2.12. The smallest absolute Gasteiger partial charge is 0.142 e. The second-order valence-electron chi connectivity index (χ2n) is 4.46. The van der Waals surface area contributed by atoms with Crippen LogP contribution in [0.25, 0.3) is 0 Å². The summed E-state index contributed by atoms with van der Waals surface area (Å²) in [6.07, 6.45) is 0.912. The van der Waals surface area contributed by atoms with Crippen LogP contribution in [0.15, 0.2) is 18.2 Å². The van der Waals surface area contributed by atoms with E-state index >= 15 is 0 Å². The van der Waals surface area contributed by atoms with Gasteiger partial charge in [-0.1, -0.05) is 31.5 Å². The highest BCUT2D eigenvalue weighted by Crippen LogP contribution is 2.16. The normalized spacial score (nSPS) is 13.1. The van der Waals surface area contributed by atoms with Gasteiger partial charge in [0.2, 0.25) is 0 Å². The van der Waals surface area contributed by atoms with Crippen molar-refractivity contribution in [3.63, 3.8) is 0 Å². The van der Waals surface area contributed by atoms with Crippen molar-refractivity contribution in [3.8, 4) is 0 Å². The Kier molecular flexibility index (Phi) is 6.24. The Morgan fingerprint density at radius 1 is 1.35 bits per heavy atom. The van der Waals surface area contributed by atoms with Gasteiger partial charge < -0.3 is 5.32 Å². The van der Waals surface area contributed by atoms with Crippen LogP contribution in [0, 0.1) is 11.7 Å². The minimum absolute atomic E-state index is 0.162. The average molecular weight is 278 g/mol. The van der Waals surface area contributed by atoms with E-state index in [2.05, 4.69) is 19.2 Å². The molecule has 96 valence electrons. The SMILES string of the molecule is CC(C)C(CCCl)NCc1ccc(Cl)c(F)c1. The van der Waals surface area contributed by atoms with Gasteiger partial charge in [0.25, 0.3) is 0 Å². The molecule has 0 amide bonds. The van der Waals surface area contributed by atoms with Gasteiger partial charge in [-0.2, -0.15) is 0 Å². The van der Waals surface area contributed by atoms with Crippen molar-refractivity contribution in [1.82, 2.24) is 5.32 Å². The lowest BCUT2D eigenvalue weighted by Gasteiger charge is -2.21. The largest absolute Gasteiger partial charge is 0.310 e. The van der Waals surface area contributed by atoms with Crippen LogP contribution < -0.4 is 5.32 Å². The van der Waals surface area contributed by atoms with E-state index in [4.69, 9.17) is 23.2 Å². The summed E-state index contributed by atoms with van der Waals surface area (Å²) in [6, 6.07) is 5.23. The minimum atomic E-state index is -0.371. The Hall–Kier alpha value is -0.310. The molecular weight excluding hydrogens is 260 g/mol. The first-order chi connectivity index (χ1) is 8.04. The third kappa shape index (κ3) is 4.82. The molecule has 1 aromatic rings. The molecule has 0 aliphatic carbocycles. The van der Waals surface area contributed by atoms with E-state index in [0.29, 0.717) is 24.4 Å². The van der Waals surface area contributed by atoms with Crippen molar-refractivity contribution in [2.24, 2.45) is 5.92 Å². The topological polar surface area (TPSA) is 12.0 Å². The van der Waals surface area contributed by atoms with E-state index in [1.807, 2.05) is 6.07 Å². The van der Waals surface area contributed by atoms with E-state index in [1.165, 1.54) is 6.07 Å². The van der Waals surface area contributed by atoms with Crippen molar-refractivity contribution in [3.05, 3.63) is 34.6 Å². The lowest BCUT2D eigenvalue weighted by molar-refractivity contribution is 0.388. The Morgan fingerprint density at radius 3 is 2.59 bits per heavy atom. The third-order valence-corrected chi connectivity index (χ3v) is 3.30. The number of halogens is 3. The van der Waals surface area contributed by atoms with Gasteiger partial charge in [-0.25, -0.2) is 4.39 Å². The Balaban J connectivity index is 2.56. The molecule has 4 heteroatoms. The van der Waals surface area contributed by atoms with E-state index in [1.54, 1.807) is 6.07 Å². The van der Waals surface area contributed by atoms with Crippen molar-refractivity contribution in [1.29, 1.82) is 0 Å². The third-order valence-electron chi connectivity index (χ3n) is 2.78. The molecule has 1 atom stereocenters. The van der Waals surface area contributed by atoms with Crippen LogP contribution in [0.2, 0.25) is 5.02 Å². The van der Waals surface area contributed by atoms with Gasteiger partial charge in [-0.05, 0) is 30.0 Å². The molecule has 0 bridgehead atoms. The van der Waals surface area contributed by atoms with Crippen LogP contribution in [0.3, 0.4) is 0 Å². The summed E-state index contributed by atoms with van der Waals surface area (Å²) < 4.78 is 13.2. The molecule has 0 saturated carbocycles. The van der Waals surface area contributed by atoms with Crippen LogP contribution in [0.4, 0.5) is 4.39 Å². The number of hydrogen-bond acceptors (Lipinski definition) is 1. The summed E-state index contributed by atoms with van der Waals surface area (Å²) in [7, 11) is 0. The fraction of sp³-hybridized carbons (Fsp3) is 0.538. The second-order valence-corrected chi connectivity index (χ2v) is 5.24. The molecule has 1 N–H and O–H groups in total. The van der Waals surface area contributed by atoms with Crippen molar-refractivity contribution >= 4 is 23.2 Å². The molecule has 0 fully saturated rings. The minimum Gasteiger partial charge on any atom is -0.310 e. The summed E-state index contributed by atoms with van der Waals surface area (Å²) in [5.41, 5.74) is 0.895. The Morgan fingerprint density at radius 2 is 2.06 bits per heavy atom. The molecule has 1 aromatic carbocycles. The van der Waals surface area contributed by atoms with Gasteiger partial charge in [-0.3, -0.25) is 0 Å². The van der Waals surface area contributed by atoms with E-state index in [9.17, 15) is 4.39 Å². The molecule has 0 aromatic heterocycles. The lowest BCUT2D eigenvalue weighted by Crippen LogP contribution is -2.33. The van der Waals surface area contributed by atoms with Gasteiger partial charge in [0, 0.05) is 18.5 Å². The van der Waals surface area contributed by atoms with Crippen LogP contribution in [-0.2, 0) is 6.54 Å². The van der Waals surface area contributed by atoms with Crippen LogP contribution in [0.5, 0.6) is 0 Å². The second kappa shape index (κ2) is 7.20. The zero-order valence-corrected chi connectivity index (χ0v) is 11.7. The number of alkyl halides is 1. The summed E-state index contributed by atoms with van der Waals surface area (Å²) in [5, 5.41) is 3.55. The zero-order valence-electron chi connectivity index (χ0n) is 10.1. The summed E-state index contributed by atoms with van der Waals surface area (Å²) >= 11 is 11.4. The Labute approximate surface area is 112 Å². The highest BCUT2D eigenvalue weighted by atomic mass is 35.5. The molecule has 1 nitrogen and oxygen atoms in total. The first-order valence-corrected chi connectivity index (χ1v) is 6.69. The van der Waals surface area contributed by atoms with Gasteiger partial charge in [-0.15, -0.1) is 11.6 Å². The number of rotatable bonds is 6. The molecule has 1 rings (SSSR count). The van der Waals surface area contributed by atoms with Gasteiger partial charge in [0.1, 0.15) is 5.82 Å². The first kappa shape index (κ1) is 14.7. The first-order valence-electron chi connectivity index (χ1n) is 5.78. The van der Waals surface area contributed by atoms with Crippen molar-refractivity contribution in [2.75, 3.05) is 5.88 Å². The monoisotopic (exact) mass is 277 g/mol. The van der Waals surface area contributed by atoms with Crippen molar-refractivity contribution in [2.45, 2.75) is 32.9 Å². The Bertz CT molecular complexity index is 355. The summed E-state index contributed by atoms with van der Waals surface area (Å²) in [6.45, 7) is 4.92. The predicted molar refractivity (Wildman–Crippen MR) is 72.2 cm³/mol. The lowest BCUT2D eigenvalue weighted by atomic mass is 10.0. The molecule has 1 unspecified atom stereocenters. The van der Waals surface area contributed by atoms with Gasteiger partial charge in [0.05, 0.1) is 5.02 Å². The van der Waals surface area contributed by atoms with E-state index < -0.39 is 0 Å². The number of nitrogens with one attached hydrogen (secondary N) is 1. The molecule has 0 radical (unpaired) electrons. The maximum atomic E-state index is 13.2.